The fourth-order valence-corrected chi connectivity index (χ4v) is 2.87. The smallest absolute Gasteiger partial charge is 0.0429 e. The molecule has 2 aromatic carbocycles. The molecule has 98 valence electrons. The van der Waals surface area contributed by atoms with E-state index in [9.17, 15) is 0 Å². The van der Waals surface area contributed by atoms with E-state index in [0.717, 1.165) is 24.5 Å². The fraction of sp³-hybridized carbons (Fsp3) is 0.250. The summed E-state index contributed by atoms with van der Waals surface area (Å²) in [6, 6.07) is 14.7. The highest BCUT2D eigenvalue weighted by atomic mass is 35.5. The number of benzene rings is 2. The van der Waals surface area contributed by atoms with Crippen LogP contribution in [-0.4, -0.2) is 6.54 Å². The summed E-state index contributed by atoms with van der Waals surface area (Å²) in [5.41, 5.74) is 10.8. The van der Waals surface area contributed by atoms with Gasteiger partial charge in [0.2, 0.25) is 0 Å². The Morgan fingerprint density at radius 2 is 1.95 bits per heavy atom. The third-order valence-electron chi connectivity index (χ3n) is 3.63. The zero-order valence-corrected chi connectivity index (χ0v) is 11.5. The fourth-order valence-electron chi connectivity index (χ4n) is 2.68. The lowest BCUT2D eigenvalue weighted by Gasteiger charge is -2.20. The summed E-state index contributed by atoms with van der Waals surface area (Å²) in [4.78, 5) is 2.40. The monoisotopic (exact) mass is 272 g/mol. The van der Waals surface area contributed by atoms with E-state index in [4.69, 9.17) is 17.3 Å². The van der Waals surface area contributed by atoms with E-state index in [1.165, 1.54) is 22.4 Å². The van der Waals surface area contributed by atoms with Gasteiger partial charge in [-0.05, 0) is 41.3 Å². The van der Waals surface area contributed by atoms with Gasteiger partial charge in [-0.3, -0.25) is 0 Å². The van der Waals surface area contributed by atoms with Crippen molar-refractivity contribution in [1.29, 1.82) is 0 Å². The van der Waals surface area contributed by atoms with Crippen molar-refractivity contribution >= 4 is 17.3 Å². The molecule has 0 saturated heterocycles. The third-order valence-corrected chi connectivity index (χ3v) is 3.87. The van der Waals surface area contributed by atoms with Gasteiger partial charge >= 0.3 is 0 Å². The zero-order chi connectivity index (χ0) is 13.2. The van der Waals surface area contributed by atoms with Crippen LogP contribution in [0.3, 0.4) is 0 Å². The number of hydrogen-bond acceptors (Lipinski definition) is 2. The molecule has 0 saturated carbocycles. The van der Waals surface area contributed by atoms with Crippen molar-refractivity contribution < 1.29 is 0 Å². The van der Waals surface area contributed by atoms with Crippen molar-refractivity contribution in [2.45, 2.75) is 19.5 Å². The van der Waals surface area contributed by atoms with Gasteiger partial charge in [-0.15, -0.1) is 0 Å². The maximum absolute atomic E-state index is 6.04. The third kappa shape index (κ3) is 2.60. The quantitative estimate of drug-likeness (QED) is 0.928. The highest BCUT2D eigenvalue weighted by Crippen LogP contribution is 2.31. The maximum Gasteiger partial charge on any atom is 0.0429 e. The van der Waals surface area contributed by atoms with Crippen LogP contribution < -0.4 is 10.6 Å². The lowest BCUT2D eigenvalue weighted by Crippen LogP contribution is -2.19. The van der Waals surface area contributed by atoms with Crippen LogP contribution in [0.5, 0.6) is 0 Å². The van der Waals surface area contributed by atoms with Crippen LogP contribution in [0.2, 0.25) is 5.02 Å². The Hall–Kier alpha value is -1.51. The van der Waals surface area contributed by atoms with Crippen LogP contribution >= 0.6 is 11.6 Å². The number of hydrogen-bond donors (Lipinski definition) is 1. The summed E-state index contributed by atoms with van der Waals surface area (Å²) in [5.74, 6) is 0. The van der Waals surface area contributed by atoms with Gasteiger partial charge in [0.05, 0.1) is 0 Å². The first-order valence-electron chi connectivity index (χ1n) is 6.57. The second-order valence-corrected chi connectivity index (χ2v) is 5.41. The molecule has 3 rings (SSSR count). The molecule has 1 aliphatic heterocycles. The molecule has 2 N–H and O–H groups in total. The summed E-state index contributed by atoms with van der Waals surface area (Å²) < 4.78 is 0. The average Bonchev–Trinajstić information content (AvgIpc) is 2.81. The molecule has 0 amide bonds. The number of rotatable bonds is 3. The molecule has 2 nitrogen and oxygen atoms in total. The molecule has 0 aliphatic carbocycles. The number of fused-ring (bicyclic) bond motifs is 1. The number of anilines is 1. The molecule has 3 heteroatoms. The van der Waals surface area contributed by atoms with Crippen LogP contribution in [0.15, 0.2) is 42.5 Å². The van der Waals surface area contributed by atoms with Crippen LogP contribution in [0.4, 0.5) is 5.69 Å². The Kier molecular flexibility index (Phi) is 3.45. The zero-order valence-electron chi connectivity index (χ0n) is 10.8. The number of nitrogens with zero attached hydrogens (tertiary/aromatic N) is 1. The Balaban J connectivity index is 1.82. The van der Waals surface area contributed by atoms with Gasteiger partial charge in [0.15, 0.2) is 0 Å². The maximum atomic E-state index is 6.04. The van der Waals surface area contributed by atoms with Gasteiger partial charge in [-0.2, -0.15) is 0 Å². The molecule has 0 radical (unpaired) electrons. The Morgan fingerprint density at radius 3 is 2.79 bits per heavy atom. The van der Waals surface area contributed by atoms with Crippen LogP contribution in [0, 0.1) is 0 Å². The summed E-state index contributed by atoms with van der Waals surface area (Å²) in [7, 11) is 0. The predicted octanol–water partition coefficient (Wildman–Crippen LogP) is 3.36. The van der Waals surface area contributed by atoms with Gasteiger partial charge < -0.3 is 10.6 Å². The van der Waals surface area contributed by atoms with Crippen molar-refractivity contribution in [3.05, 3.63) is 64.2 Å². The normalized spacial score (nSPS) is 13.7. The van der Waals surface area contributed by atoms with Gasteiger partial charge in [-0.25, -0.2) is 0 Å². The molecular formula is C16H17ClN2. The second-order valence-electron chi connectivity index (χ2n) is 4.97. The molecule has 0 atom stereocenters. The highest BCUT2D eigenvalue weighted by Gasteiger charge is 2.19. The van der Waals surface area contributed by atoms with Crippen LogP contribution in [0.1, 0.15) is 16.7 Å². The van der Waals surface area contributed by atoms with E-state index in [1.807, 2.05) is 6.07 Å². The van der Waals surface area contributed by atoms with Gasteiger partial charge in [-0.1, -0.05) is 35.9 Å². The first-order chi connectivity index (χ1) is 9.26. The predicted molar refractivity (Wildman–Crippen MR) is 80.5 cm³/mol. The van der Waals surface area contributed by atoms with E-state index < -0.39 is 0 Å². The van der Waals surface area contributed by atoms with Crippen molar-refractivity contribution in [3.63, 3.8) is 0 Å². The van der Waals surface area contributed by atoms with E-state index in [-0.39, 0.29) is 0 Å². The van der Waals surface area contributed by atoms with Crippen molar-refractivity contribution in [2.75, 3.05) is 11.4 Å². The summed E-state index contributed by atoms with van der Waals surface area (Å²) >= 11 is 6.04. The van der Waals surface area contributed by atoms with E-state index in [2.05, 4.69) is 41.3 Å². The molecule has 0 fully saturated rings. The minimum absolute atomic E-state index is 0.597. The van der Waals surface area contributed by atoms with Crippen LogP contribution in [0.25, 0.3) is 0 Å². The van der Waals surface area contributed by atoms with E-state index in [0.29, 0.717) is 6.54 Å². The summed E-state index contributed by atoms with van der Waals surface area (Å²) in [5, 5.41) is 0.825. The Bertz CT molecular complexity index is 595. The summed E-state index contributed by atoms with van der Waals surface area (Å²) in [6.07, 6.45) is 1.08. The van der Waals surface area contributed by atoms with Gasteiger partial charge in [0.25, 0.3) is 0 Å². The molecule has 0 unspecified atom stereocenters. The van der Waals surface area contributed by atoms with Crippen LogP contribution in [-0.2, 0) is 19.5 Å². The molecule has 0 aromatic heterocycles. The minimum Gasteiger partial charge on any atom is -0.367 e. The first kappa shape index (κ1) is 12.5. The highest BCUT2D eigenvalue weighted by molar-refractivity contribution is 6.30. The summed E-state index contributed by atoms with van der Waals surface area (Å²) in [6.45, 7) is 2.59. The topological polar surface area (TPSA) is 29.3 Å². The first-order valence-corrected chi connectivity index (χ1v) is 6.95. The lowest BCUT2D eigenvalue weighted by atomic mass is 10.1. The lowest BCUT2D eigenvalue weighted by molar-refractivity contribution is 0.834. The Morgan fingerprint density at radius 1 is 1.11 bits per heavy atom. The van der Waals surface area contributed by atoms with E-state index in [1.54, 1.807) is 0 Å². The average molecular weight is 273 g/mol. The largest absolute Gasteiger partial charge is 0.367 e. The molecule has 1 heterocycles. The molecule has 19 heavy (non-hydrogen) atoms. The van der Waals surface area contributed by atoms with Crippen molar-refractivity contribution in [1.82, 2.24) is 0 Å². The molecular weight excluding hydrogens is 256 g/mol. The second kappa shape index (κ2) is 5.24. The molecule has 0 spiro atoms. The minimum atomic E-state index is 0.597. The van der Waals surface area contributed by atoms with E-state index >= 15 is 0 Å². The molecule has 0 bridgehead atoms. The SMILES string of the molecule is NCc1cccc(CN2CCc3cc(Cl)ccc32)c1. The number of nitrogens with two attached hydrogens (primary N) is 1. The van der Waals surface area contributed by atoms with Crippen molar-refractivity contribution in [2.24, 2.45) is 5.73 Å². The van der Waals surface area contributed by atoms with Gasteiger partial charge in [0.1, 0.15) is 0 Å². The van der Waals surface area contributed by atoms with Gasteiger partial charge in [0, 0.05) is 30.3 Å². The number of halogens is 1. The molecule has 1 aliphatic rings. The van der Waals surface area contributed by atoms with Crippen molar-refractivity contribution in [3.8, 4) is 0 Å². The molecule has 2 aromatic rings. The Labute approximate surface area is 118 Å². The standard InChI is InChI=1S/C16H17ClN2/c17-15-4-5-16-14(9-15)6-7-19(16)11-13-3-1-2-12(8-13)10-18/h1-5,8-9H,6-7,10-11,18H2.